The van der Waals surface area contributed by atoms with Gasteiger partial charge in [0.1, 0.15) is 5.82 Å². The van der Waals surface area contributed by atoms with Gasteiger partial charge in [0.25, 0.3) is 5.91 Å². The number of nitrogens with zero attached hydrogens (tertiary/aromatic N) is 2. The topological polar surface area (TPSA) is 49.6 Å². The minimum atomic E-state index is -1.16. The second-order valence-corrected chi connectivity index (χ2v) is 6.90. The van der Waals surface area contributed by atoms with Crippen molar-refractivity contribution >= 4 is 11.6 Å². The summed E-state index contributed by atoms with van der Waals surface area (Å²) in [6.07, 6.45) is 0. The Balaban J connectivity index is 1.74. The van der Waals surface area contributed by atoms with Crippen LogP contribution < -0.4 is 5.73 Å². The highest BCUT2D eigenvalue weighted by Gasteiger charge is 2.32. The molecule has 2 aromatic rings. The lowest BCUT2D eigenvalue weighted by molar-refractivity contribution is 0.0397. The van der Waals surface area contributed by atoms with Gasteiger partial charge in [-0.25, -0.2) is 13.2 Å². The summed E-state index contributed by atoms with van der Waals surface area (Å²) in [7, 11) is 0. The van der Waals surface area contributed by atoms with Gasteiger partial charge in [-0.05, 0) is 50.2 Å². The largest absolute Gasteiger partial charge is 0.399 e. The van der Waals surface area contributed by atoms with Crippen molar-refractivity contribution in [1.82, 2.24) is 9.80 Å². The van der Waals surface area contributed by atoms with Gasteiger partial charge in [0.2, 0.25) is 0 Å². The molecule has 4 nitrogen and oxygen atoms in total. The number of anilines is 1. The lowest BCUT2D eigenvalue weighted by atomic mass is 10.0. The Morgan fingerprint density at radius 3 is 2.33 bits per heavy atom. The molecule has 0 spiro atoms. The van der Waals surface area contributed by atoms with E-state index in [1.807, 2.05) is 11.8 Å². The quantitative estimate of drug-likeness (QED) is 0.657. The summed E-state index contributed by atoms with van der Waals surface area (Å²) in [6.45, 7) is 4.80. The van der Waals surface area contributed by atoms with E-state index in [4.69, 9.17) is 5.73 Å². The maximum atomic E-state index is 14.1. The van der Waals surface area contributed by atoms with E-state index in [0.29, 0.717) is 30.9 Å². The Bertz CT molecular complexity index is 841. The molecule has 2 aromatic carbocycles. The molecule has 0 saturated carbocycles. The number of carbonyl (C=O) groups is 1. The van der Waals surface area contributed by atoms with Crippen LogP contribution in [-0.2, 0) is 0 Å². The normalized spacial score (nSPS) is 19.1. The molecule has 144 valence electrons. The SMILES string of the molecule is CC(c1c(F)ccc(F)c1F)N1CCN(C(=O)c2ccc(N)cc2)C(C)C1. The summed E-state index contributed by atoms with van der Waals surface area (Å²) in [6, 6.07) is 7.62. The predicted molar refractivity (Wildman–Crippen MR) is 97.7 cm³/mol. The Labute approximate surface area is 156 Å². The van der Waals surface area contributed by atoms with Gasteiger partial charge in [-0.3, -0.25) is 9.69 Å². The van der Waals surface area contributed by atoms with Crippen molar-refractivity contribution < 1.29 is 18.0 Å². The standard InChI is InChI=1S/C20H22F3N3O/c1-12-11-25(13(2)18-16(21)7-8-17(22)19(18)23)9-10-26(12)20(27)14-3-5-15(24)6-4-14/h3-8,12-13H,9-11,24H2,1-2H3. The number of benzene rings is 2. The van der Waals surface area contributed by atoms with E-state index in [2.05, 4.69) is 0 Å². The molecule has 1 heterocycles. The van der Waals surface area contributed by atoms with Crippen molar-refractivity contribution in [3.05, 3.63) is 65.0 Å². The molecule has 3 rings (SSSR count). The average Bonchev–Trinajstić information content (AvgIpc) is 2.65. The second-order valence-electron chi connectivity index (χ2n) is 6.90. The monoisotopic (exact) mass is 377 g/mol. The maximum absolute atomic E-state index is 14.1. The third kappa shape index (κ3) is 3.78. The molecule has 1 aliphatic heterocycles. The number of carbonyl (C=O) groups excluding carboxylic acids is 1. The number of nitrogen functional groups attached to an aromatic ring is 1. The van der Waals surface area contributed by atoms with Crippen LogP contribution in [0.15, 0.2) is 36.4 Å². The molecular weight excluding hydrogens is 355 g/mol. The third-order valence-corrected chi connectivity index (χ3v) is 5.12. The van der Waals surface area contributed by atoms with Gasteiger partial charge in [0.15, 0.2) is 11.6 Å². The number of amides is 1. The number of rotatable bonds is 3. The van der Waals surface area contributed by atoms with Crippen molar-refractivity contribution in [3.8, 4) is 0 Å². The molecule has 2 N–H and O–H groups in total. The van der Waals surface area contributed by atoms with Crippen LogP contribution in [0, 0.1) is 17.5 Å². The van der Waals surface area contributed by atoms with Crippen LogP contribution in [0.25, 0.3) is 0 Å². The van der Waals surface area contributed by atoms with E-state index < -0.39 is 23.5 Å². The summed E-state index contributed by atoms with van der Waals surface area (Å²) >= 11 is 0. The number of hydrogen-bond acceptors (Lipinski definition) is 3. The van der Waals surface area contributed by atoms with Crippen LogP contribution in [0.1, 0.15) is 35.8 Å². The molecule has 0 radical (unpaired) electrons. The second kappa shape index (κ2) is 7.60. The molecule has 0 aromatic heterocycles. The van der Waals surface area contributed by atoms with Gasteiger partial charge in [0, 0.05) is 48.5 Å². The fourth-order valence-corrected chi connectivity index (χ4v) is 3.54. The zero-order chi connectivity index (χ0) is 19.7. The highest BCUT2D eigenvalue weighted by molar-refractivity contribution is 5.94. The average molecular weight is 377 g/mol. The van der Waals surface area contributed by atoms with E-state index in [1.54, 1.807) is 36.1 Å². The Kier molecular flexibility index (Phi) is 5.41. The first-order valence-electron chi connectivity index (χ1n) is 8.83. The van der Waals surface area contributed by atoms with Crippen LogP contribution in [0.5, 0.6) is 0 Å². The van der Waals surface area contributed by atoms with Crippen LogP contribution in [-0.4, -0.2) is 41.4 Å². The summed E-state index contributed by atoms with van der Waals surface area (Å²) in [5, 5.41) is 0. The first-order valence-corrected chi connectivity index (χ1v) is 8.83. The van der Waals surface area contributed by atoms with E-state index in [0.717, 1.165) is 12.1 Å². The van der Waals surface area contributed by atoms with Gasteiger partial charge < -0.3 is 10.6 Å². The van der Waals surface area contributed by atoms with Crippen molar-refractivity contribution in [3.63, 3.8) is 0 Å². The van der Waals surface area contributed by atoms with Crippen LogP contribution in [0.4, 0.5) is 18.9 Å². The van der Waals surface area contributed by atoms with Gasteiger partial charge in [-0.1, -0.05) is 0 Å². The first-order chi connectivity index (χ1) is 12.8. The molecule has 7 heteroatoms. The molecule has 1 aliphatic rings. The molecule has 2 atom stereocenters. The number of hydrogen-bond donors (Lipinski definition) is 1. The van der Waals surface area contributed by atoms with Crippen LogP contribution >= 0.6 is 0 Å². The van der Waals surface area contributed by atoms with Gasteiger partial charge in [-0.15, -0.1) is 0 Å². The predicted octanol–water partition coefficient (Wildman–Crippen LogP) is 3.59. The summed E-state index contributed by atoms with van der Waals surface area (Å²) in [5.74, 6) is -3.11. The van der Waals surface area contributed by atoms with E-state index >= 15 is 0 Å². The highest BCUT2D eigenvalue weighted by Crippen LogP contribution is 2.29. The minimum Gasteiger partial charge on any atom is -0.399 e. The summed E-state index contributed by atoms with van der Waals surface area (Å²) in [4.78, 5) is 16.3. The van der Waals surface area contributed by atoms with E-state index in [-0.39, 0.29) is 17.5 Å². The fourth-order valence-electron chi connectivity index (χ4n) is 3.54. The molecule has 1 fully saturated rings. The smallest absolute Gasteiger partial charge is 0.254 e. The minimum absolute atomic E-state index is 0.113. The molecule has 0 aliphatic carbocycles. The zero-order valence-electron chi connectivity index (χ0n) is 15.3. The number of nitrogens with two attached hydrogens (primary N) is 1. The van der Waals surface area contributed by atoms with Crippen molar-refractivity contribution in [2.45, 2.75) is 25.9 Å². The van der Waals surface area contributed by atoms with E-state index in [1.165, 1.54) is 0 Å². The first kappa shape index (κ1) is 19.2. The van der Waals surface area contributed by atoms with Crippen LogP contribution in [0.3, 0.4) is 0 Å². The Morgan fingerprint density at radius 1 is 1.07 bits per heavy atom. The van der Waals surface area contributed by atoms with Crippen LogP contribution in [0.2, 0.25) is 0 Å². The lowest BCUT2D eigenvalue weighted by Gasteiger charge is -2.42. The Hall–Kier alpha value is -2.54. The van der Waals surface area contributed by atoms with Crippen molar-refractivity contribution in [1.29, 1.82) is 0 Å². The zero-order valence-corrected chi connectivity index (χ0v) is 15.3. The maximum Gasteiger partial charge on any atom is 0.254 e. The number of halogens is 3. The molecule has 1 saturated heterocycles. The molecular formula is C20H22F3N3O. The van der Waals surface area contributed by atoms with Gasteiger partial charge >= 0.3 is 0 Å². The fraction of sp³-hybridized carbons (Fsp3) is 0.350. The number of piperazine rings is 1. The summed E-state index contributed by atoms with van der Waals surface area (Å²) in [5.41, 5.74) is 6.50. The molecule has 1 amide bonds. The van der Waals surface area contributed by atoms with Gasteiger partial charge in [-0.2, -0.15) is 0 Å². The van der Waals surface area contributed by atoms with E-state index in [9.17, 15) is 18.0 Å². The third-order valence-electron chi connectivity index (χ3n) is 5.12. The van der Waals surface area contributed by atoms with Crippen molar-refractivity contribution in [2.24, 2.45) is 0 Å². The molecule has 27 heavy (non-hydrogen) atoms. The molecule has 2 unspecified atom stereocenters. The van der Waals surface area contributed by atoms with Gasteiger partial charge in [0.05, 0.1) is 0 Å². The van der Waals surface area contributed by atoms with Crippen molar-refractivity contribution in [2.75, 3.05) is 25.4 Å². The highest BCUT2D eigenvalue weighted by atomic mass is 19.2. The summed E-state index contributed by atoms with van der Waals surface area (Å²) < 4.78 is 41.7. The Morgan fingerprint density at radius 2 is 1.70 bits per heavy atom. The lowest BCUT2D eigenvalue weighted by Crippen LogP contribution is -2.54. The molecule has 0 bridgehead atoms.